The minimum absolute atomic E-state index is 0.00231. The van der Waals surface area contributed by atoms with Crippen molar-refractivity contribution < 1.29 is 52.7 Å². The second-order valence-corrected chi connectivity index (χ2v) is 15.1. The van der Waals surface area contributed by atoms with Gasteiger partial charge >= 0.3 is 0 Å². The molecule has 6 heterocycles. The van der Waals surface area contributed by atoms with Crippen molar-refractivity contribution in [3.05, 3.63) is 98.7 Å². The molecule has 0 atom stereocenters. The van der Waals surface area contributed by atoms with E-state index in [1.165, 1.54) is 30.7 Å². The predicted octanol–water partition coefficient (Wildman–Crippen LogP) is 9.29. The lowest BCUT2D eigenvalue weighted by Gasteiger charge is -2.31. The first-order valence-electron chi connectivity index (χ1n) is 17.7. The van der Waals surface area contributed by atoms with E-state index in [1.807, 2.05) is 13.8 Å². The average Bonchev–Trinajstić information content (AvgIpc) is 3.80. The molecular formula is C44H30O13. The lowest BCUT2D eigenvalue weighted by Crippen LogP contribution is -2.28. The number of phenols is 5. The zero-order chi connectivity index (χ0) is 39.9. The Morgan fingerprint density at radius 1 is 0.544 bits per heavy atom. The largest absolute Gasteiger partial charge is 0.507 e. The molecule has 0 unspecified atom stereocenters. The third kappa shape index (κ3) is 4.88. The molecule has 0 amide bonds. The maximum Gasteiger partial charge on any atom is 0.197 e. The smallest absolute Gasteiger partial charge is 0.197 e. The topological polar surface area (TPSA) is 206 Å². The number of benzene rings is 4. The Balaban J connectivity index is 1.31. The zero-order valence-electron chi connectivity index (χ0n) is 30.5. The quantitative estimate of drug-likeness (QED) is 0.106. The van der Waals surface area contributed by atoms with E-state index in [2.05, 4.69) is 0 Å². The molecule has 2 aliphatic heterocycles. The summed E-state index contributed by atoms with van der Waals surface area (Å²) in [5.74, 6) is -2.46. The Kier molecular flexibility index (Phi) is 6.71. The third-order valence-corrected chi connectivity index (χ3v) is 10.4. The van der Waals surface area contributed by atoms with E-state index in [1.54, 1.807) is 50.3 Å². The summed E-state index contributed by atoms with van der Waals surface area (Å²) in [6, 6.07) is 9.26. The van der Waals surface area contributed by atoms with E-state index < -0.39 is 45.1 Å². The number of aromatic hydroxyl groups is 5. The summed E-state index contributed by atoms with van der Waals surface area (Å²) in [5.41, 5.74) is -2.32. The van der Waals surface area contributed by atoms with E-state index in [0.29, 0.717) is 16.3 Å². The van der Waals surface area contributed by atoms with Crippen LogP contribution in [0.25, 0.3) is 89.8 Å². The summed E-state index contributed by atoms with van der Waals surface area (Å²) >= 11 is 0. The van der Waals surface area contributed by atoms with Gasteiger partial charge in [0.15, 0.2) is 33.5 Å². The summed E-state index contributed by atoms with van der Waals surface area (Å²) in [7, 11) is 0. The fraction of sp³-hybridized carbons (Fsp3) is 0.136. The van der Waals surface area contributed by atoms with Crippen LogP contribution >= 0.6 is 0 Å². The van der Waals surface area contributed by atoms with Crippen LogP contribution in [0.4, 0.5) is 0 Å². The minimum Gasteiger partial charge on any atom is -0.507 e. The maximum absolute atomic E-state index is 14.2. The second kappa shape index (κ2) is 11.3. The SMILES string of the molecule is CC1(C)C=Cc2c(cc(O)c3c(=O)cc(-c4c(-c5c6c(c7oc(-c8c(O)c(O)cc9occc89)cc(=O)c7c5O)C=CC(C)(C)O6)c(O)cc5occc45)oc23)O1. The molecule has 0 aliphatic carbocycles. The molecule has 8 aromatic rings. The molecule has 0 bridgehead atoms. The van der Waals surface area contributed by atoms with Crippen molar-refractivity contribution in [1.82, 2.24) is 0 Å². The van der Waals surface area contributed by atoms with E-state index in [4.69, 9.17) is 27.1 Å². The van der Waals surface area contributed by atoms with Gasteiger partial charge in [0, 0.05) is 52.2 Å². The van der Waals surface area contributed by atoms with Crippen molar-refractivity contribution in [3.63, 3.8) is 0 Å². The molecular weight excluding hydrogens is 736 g/mol. The Morgan fingerprint density at radius 3 is 1.79 bits per heavy atom. The van der Waals surface area contributed by atoms with Crippen molar-refractivity contribution in [1.29, 1.82) is 0 Å². The number of furan rings is 2. The highest BCUT2D eigenvalue weighted by molar-refractivity contribution is 6.11. The highest BCUT2D eigenvalue weighted by Crippen LogP contribution is 2.56. The molecule has 10 rings (SSSR count). The van der Waals surface area contributed by atoms with Gasteiger partial charge in [-0.15, -0.1) is 0 Å². The van der Waals surface area contributed by atoms with E-state index in [9.17, 15) is 35.1 Å². The molecule has 2 aliphatic rings. The maximum atomic E-state index is 14.2. The molecule has 13 heteroatoms. The van der Waals surface area contributed by atoms with Crippen LogP contribution in [0.15, 0.2) is 94.4 Å². The normalized spacial score (nSPS) is 15.2. The van der Waals surface area contributed by atoms with Gasteiger partial charge in [-0.05, 0) is 64.1 Å². The van der Waals surface area contributed by atoms with Crippen molar-refractivity contribution in [3.8, 4) is 74.0 Å². The number of hydrogen-bond donors (Lipinski definition) is 5. The third-order valence-electron chi connectivity index (χ3n) is 10.4. The first-order chi connectivity index (χ1) is 27.1. The fourth-order valence-corrected chi connectivity index (χ4v) is 7.79. The summed E-state index contributed by atoms with van der Waals surface area (Å²) in [4.78, 5) is 28.2. The lowest BCUT2D eigenvalue weighted by atomic mass is 9.88. The number of ether oxygens (including phenoxy) is 2. The van der Waals surface area contributed by atoms with Gasteiger partial charge in [-0.1, -0.05) is 0 Å². The van der Waals surface area contributed by atoms with Crippen molar-refractivity contribution in [2.45, 2.75) is 38.9 Å². The van der Waals surface area contributed by atoms with Crippen LogP contribution in [0.2, 0.25) is 0 Å². The number of rotatable bonds is 3. The number of fused-ring (bicyclic) bond motifs is 8. The van der Waals surface area contributed by atoms with Crippen LogP contribution < -0.4 is 20.3 Å². The van der Waals surface area contributed by atoms with Crippen LogP contribution in [-0.4, -0.2) is 36.7 Å². The average molecular weight is 767 g/mol. The Hall–Kier alpha value is -7.54. The fourth-order valence-electron chi connectivity index (χ4n) is 7.79. The second-order valence-electron chi connectivity index (χ2n) is 15.1. The van der Waals surface area contributed by atoms with Gasteiger partial charge in [0.25, 0.3) is 0 Å². The Bertz CT molecular complexity index is 3290. The Morgan fingerprint density at radius 2 is 1.11 bits per heavy atom. The highest BCUT2D eigenvalue weighted by Gasteiger charge is 2.36. The molecule has 0 saturated heterocycles. The van der Waals surface area contributed by atoms with Crippen LogP contribution in [0.5, 0.6) is 40.2 Å². The molecule has 0 saturated carbocycles. The molecule has 0 fully saturated rings. The summed E-state index contributed by atoms with van der Waals surface area (Å²) in [5, 5.41) is 57.1. The molecule has 0 spiro atoms. The molecule has 0 radical (unpaired) electrons. The van der Waals surface area contributed by atoms with Gasteiger partial charge in [0.1, 0.15) is 73.4 Å². The molecule has 4 aromatic heterocycles. The van der Waals surface area contributed by atoms with Gasteiger partial charge in [0.2, 0.25) is 0 Å². The number of hydrogen-bond acceptors (Lipinski definition) is 13. The van der Waals surface area contributed by atoms with Gasteiger partial charge in [-0.2, -0.15) is 0 Å². The first-order valence-corrected chi connectivity index (χ1v) is 17.7. The molecule has 284 valence electrons. The van der Waals surface area contributed by atoms with E-state index in [0.717, 1.165) is 12.1 Å². The van der Waals surface area contributed by atoms with Gasteiger partial charge < -0.3 is 52.7 Å². The monoisotopic (exact) mass is 766 g/mol. The van der Waals surface area contributed by atoms with Gasteiger partial charge in [0.05, 0.1) is 34.8 Å². The predicted molar refractivity (Wildman–Crippen MR) is 210 cm³/mol. The number of phenolic OH excluding ortho intramolecular Hbond substituents is 5. The molecule has 4 aromatic carbocycles. The van der Waals surface area contributed by atoms with Crippen molar-refractivity contribution in [2.75, 3.05) is 0 Å². The first kappa shape index (κ1) is 34.0. The van der Waals surface area contributed by atoms with Gasteiger partial charge in [-0.3, -0.25) is 9.59 Å². The van der Waals surface area contributed by atoms with E-state index in [-0.39, 0.29) is 89.7 Å². The summed E-state index contributed by atoms with van der Waals surface area (Å²) in [6.07, 6.45) is 9.63. The lowest BCUT2D eigenvalue weighted by molar-refractivity contribution is 0.158. The van der Waals surface area contributed by atoms with Crippen molar-refractivity contribution >= 4 is 56.0 Å². The van der Waals surface area contributed by atoms with Gasteiger partial charge in [-0.25, -0.2) is 0 Å². The highest BCUT2D eigenvalue weighted by atomic mass is 16.5. The molecule has 5 N–H and O–H groups in total. The van der Waals surface area contributed by atoms with Crippen LogP contribution in [0.3, 0.4) is 0 Å². The molecule has 13 nitrogen and oxygen atoms in total. The zero-order valence-corrected chi connectivity index (χ0v) is 30.5. The Labute approximate surface area is 319 Å². The van der Waals surface area contributed by atoms with Crippen LogP contribution in [0.1, 0.15) is 38.8 Å². The van der Waals surface area contributed by atoms with E-state index >= 15 is 0 Å². The van der Waals surface area contributed by atoms with Crippen molar-refractivity contribution in [2.24, 2.45) is 0 Å². The van der Waals surface area contributed by atoms with Crippen LogP contribution in [0, 0.1) is 0 Å². The van der Waals surface area contributed by atoms with Crippen LogP contribution in [-0.2, 0) is 0 Å². The summed E-state index contributed by atoms with van der Waals surface area (Å²) in [6.45, 7) is 7.19. The molecule has 57 heavy (non-hydrogen) atoms. The standard InChI is InChI=1S/C44H30O13/c1-43(2)9-5-20-29(56-43)14-22(45)34-23(46)15-30(54-40(20)34)32-18-7-11-52-27(18)13-24(47)35(32)37-39(51)36-25(48)16-31(33-19-8-12-53-28(19)17-26(49)38(33)50)55-41(36)21-6-10-44(3,4)57-42(21)37/h5-17,45,47,49-51H,1-4H3. The minimum atomic E-state index is -0.992. The summed E-state index contributed by atoms with van der Waals surface area (Å²) < 4.78 is 36.6.